The van der Waals surface area contributed by atoms with E-state index in [-0.39, 0.29) is 12.2 Å². The van der Waals surface area contributed by atoms with E-state index in [1.807, 2.05) is 0 Å². The molecule has 124 valence electrons. The van der Waals surface area contributed by atoms with Gasteiger partial charge < -0.3 is 10.1 Å². The largest absolute Gasteiger partial charge is 0.459 e. The number of rotatable bonds is 6. The lowest BCUT2D eigenvalue weighted by Crippen LogP contribution is -2.46. The van der Waals surface area contributed by atoms with Crippen molar-refractivity contribution in [2.24, 2.45) is 0 Å². The van der Waals surface area contributed by atoms with Crippen LogP contribution < -0.4 is 5.32 Å². The van der Waals surface area contributed by atoms with Crippen molar-refractivity contribution in [3.63, 3.8) is 0 Å². The molecule has 1 aliphatic heterocycles. The van der Waals surface area contributed by atoms with Gasteiger partial charge in [-0.1, -0.05) is 32.0 Å². The molecule has 1 saturated heterocycles. The molecule has 0 radical (unpaired) electrons. The molecule has 0 atom stereocenters. The Morgan fingerprint density at radius 3 is 2.48 bits per heavy atom. The van der Waals surface area contributed by atoms with E-state index in [0.717, 1.165) is 4.90 Å². The quantitative estimate of drug-likeness (QED) is 0.642. The summed E-state index contributed by atoms with van der Waals surface area (Å²) in [5.41, 5.74) is -0.724. The molecule has 1 aromatic carbocycles. The van der Waals surface area contributed by atoms with E-state index in [1.165, 1.54) is 18.2 Å². The number of ether oxygens (including phenoxy) is 1. The summed E-state index contributed by atoms with van der Waals surface area (Å²) < 4.78 is 18.4. The lowest BCUT2D eigenvalue weighted by molar-refractivity contribution is -0.149. The van der Waals surface area contributed by atoms with Gasteiger partial charge in [0.2, 0.25) is 0 Å². The fourth-order valence-electron chi connectivity index (χ4n) is 2.50. The summed E-state index contributed by atoms with van der Waals surface area (Å²) in [6.07, 6.45) is 0.879. The highest BCUT2D eigenvalue weighted by Crippen LogP contribution is 2.24. The lowest BCUT2D eigenvalue weighted by atomic mass is 9.93. The predicted octanol–water partition coefficient (Wildman–Crippen LogP) is 1.98. The third kappa shape index (κ3) is 3.33. The number of carbonyl (C=O) groups is 3. The number of hydrogen-bond acceptors (Lipinski definition) is 4. The normalized spacial score (nSPS) is 16.4. The fourth-order valence-corrected chi connectivity index (χ4v) is 2.50. The average Bonchev–Trinajstić information content (AvgIpc) is 2.79. The second kappa shape index (κ2) is 6.76. The Labute approximate surface area is 133 Å². The van der Waals surface area contributed by atoms with Gasteiger partial charge in [0, 0.05) is 5.56 Å². The third-order valence-corrected chi connectivity index (χ3v) is 4.09. The molecular formula is C16H19FN2O4. The molecule has 1 aromatic rings. The van der Waals surface area contributed by atoms with E-state index in [4.69, 9.17) is 4.74 Å². The first-order valence-corrected chi connectivity index (χ1v) is 7.46. The second-order valence-corrected chi connectivity index (χ2v) is 5.36. The van der Waals surface area contributed by atoms with Gasteiger partial charge in [0.25, 0.3) is 5.91 Å². The molecule has 1 heterocycles. The zero-order valence-corrected chi connectivity index (χ0v) is 13.1. The summed E-state index contributed by atoms with van der Waals surface area (Å²) in [7, 11) is 0. The van der Waals surface area contributed by atoms with E-state index in [1.54, 1.807) is 19.9 Å². The maximum atomic E-state index is 13.4. The molecule has 6 nitrogen and oxygen atoms in total. The molecule has 3 amide bonds. The van der Waals surface area contributed by atoms with Crippen molar-refractivity contribution in [1.82, 2.24) is 10.2 Å². The fraction of sp³-hybridized carbons (Fsp3) is 0.438. The van der Waals surface area contributed by atoms with Crippen LogP contribution in [-0.2, 0) is 20.9 Å². The van der Waals surface area contributed by atoms with E-state index < -0.39 is 35.8 Å². The van der Waals surface area contributed by atoms with Gasteiger partial charge in [-0.2, -0.15) is 0 Å². The maximum absolute atomic E-state index is 13.4. The minimum atomic E-state index is -0.955. The molecule has 0 saturated carbocycles. The predicted molar refractivity (Wildman–Crippen MR) is 79.8 cm³/mol. The summed E-state index contributed by atoms with van der Waals surface area (Å²) >= 11 is 0. The zero-order chi connectivity index (χ0) is 17.0. The highest BCUT2D eigenvalue weighted by atomic mass is 19.1. The molecule has 1 aliphatic rings. The van der Waals surface area contributed by atoms with Gasteiger partial charge in [0.05, 0.1) is 0 Å². The molecule has 0 aliphatic carbocycles. The zero-order valence-electron chi connectivity index (χ0n) is 13.1. The van der Waals surface area contributed by atoms with E-state index >= 15 is 0 Å². The molecular weight excluding hydrogens is 303 g/mol. The van der Waals surface area contributed by atoms with Crippen molar-refractivity contribution in [1.29, 1.82) is 0 Å². The monoisotopic (exact) mass is 322 g/mol. The number of carbonyl (C=O) groups excluding carboxylic acids is 3. The highest BCUT2D eigenvalue weighted by Gasteiger charge is 2.49. The Balaban J connectivity index is 1.97. The molecule has 7 heteroatoms. The first kappa shape index (κ1) is 16.9. The molecule has 0 bridgehead atoms. The summed E-state index contributed by atoms with van der Waals surface area (Å²) in [4.78, 5) is 36.9. The van der Waals surface area contributed by atoms with Gasteiger partial charge in [0.1, 0.15) is 24.5 Å². The van der Waals surface area contributed by atoms with Crippen LogP contribution in [-0.4, -0.2) is 34.9 Å². The Kier molecular flexibility index (Phi) is 4.98. The molecule has 23 heavy (non-hydrogen) atoms. The van der Waals surface area contributed by atoms with Crippen molar-refractivity contribution >= 4 is 17.9 Å². The summed E-state index contributed by atoms with van der Waals surface area (Å²) in [6, 6.07) is 5.30. The van der Waals surface area contributed by atoms with Gasteiger partial charge in [0.15, 0.2) is 0 Å². The number of halogens is 1. The molecule has 0 spiro atoms. The molecule has 0 aromatic heterocycles. The number of nitrogens with one attached hydrogen (secondary N) is 1. The van der Waals surface area contributed by atoms with Crippen LogP contribution in [0.2, 0.25) is 0 Å². The maximum Gasteiger partial charge on any atom is 0.326 e. The van der Waals surface area contributed by atoms with Crippen LogP contribution in [0.5, 0.6) is 0 Å². The minimum Gasteiger partial charge on any atom is -0.459 e. The van der Waals surface area contributed by atoms with Crippen molar-refractivity contribution in [2.45, 2.75) is 38.8 Å². The number of urea groups is 1. The first-order chi connectivity index (χ1) is 10.9. The molecule has 1 fully saturated rings. The van der Waals surface area contributed by atoms with Crippen LogP contribution >= 0.6 is 0 Å². The van der Waals surface area contributed by atoms with Gasteiger partial charge in [-0.15, -0.1) is 0 Å². The Hall–Kier alpha value is -2.44. The van der Waals surface area contributed by atoms with Crippen LogP contribution in [0, 0.1) is 5.82 Å². The molecule has 0 unspecified atom stereocenters. The van der Waals surface area contributed by atoms with Crippen LogP contribution in [0.4, 0.5) is 9.18 Å². The van der Waals surface area contributed by atoms with Crippen molar-refractivity contribution < 1.29 is 23.5 Å². The van der Waals surface area contributed by atoms with Crippen LogP contribution in [0.3, 0.4) is 0 Å². The summed E-state index contributed by atoms with van der Waals surface area (Å²) in [5, 5.41) is 2.62. The number of nitrogens with zero attached hydrogens (tertiary/aromatic N) is 1. The first-order valence-electron chi connectivity index (χ1n) is 7.46. The van der Waals surface area contributed by atoms with E-state index in [2.05, 4.69) is 5.32 Å². The Bertz CT molecular complexity index is 628. The van der Waals surface area contributed by atoms with Crippen LogP contribution in [0.25, 0.3) is 0 Å². The van der Waals surface area contributed by atoms with Gasteiger partial charge in [-0.3, -0.25) is 14.5 Å². The molecule has 2 rings (SSSR count). The number of imide groups is 1. The molecule has 1 N–H and O–H groups in total. The number of hydrogen-bond donors (Lipinski definition) is 1. The smallest absolute Gasteiger partial charge is 0.326 e. The topological polar surface area (TPSA) is 75.7 Å². The van der Waals surface area contributed by atoms with Crippen LogP contribution in [0.15, 0.2) is 24.3 Å². The number of amides is 3. The highest BCUT2D eigenvalue weighted by molar-refractivity contribution is 6.08. The van der Waals surface area contributed by atoms with E-state index in [9.17, 15) is 18.8 Å². The third-order valence-electron chi connectivity index (χ3n) is 4.09. The van der Waals surface area contributed by atoms with Crippen molar-refractivity contribution in [2.75, 3.05) is 6.54 Å². The standard InChI is InChI=1S/C16H19FN2O4/c1-3-16(4-2)14(21)19(15(22)18-16)9-13(20)23-10-11-7-5-6-8-12(11)17/h5-8H,3-4,9-10H2,1-2H3,(H,18,22). The summed E-state index contributed by atoms with van der Waals surface area (Å²) in [5.74, 6) is -1.68. The van der Waals surface area contributed by atoms with Crippen LogP contribution in [0.1, 0.15) is 32.3 Å². The summed E-state index contributed by atoms with van der Waals surface area (Å²) in [6.45, 7) is 2.85. The Morgan fingerprint density at radius 2 is 1.91 bits per heavy atom. The van der Waals surface area contributed by atoms with Gasteiger partial charge >= 0.3 is 12.0 Å². The minimum absolute atomic E-state index is 0.231. The Morgan fingerprint density at radius 1 is 1.26 bits per heavy atom. The lowest BCUT2D eigenvalue weighted by Gasteiger charge is -2.22. The second-order valence-electron chi connectivity index (χ2n) is 5.36. The SMILES string of the molecule is CCC1(CC)NC(=O)N(CC(=O)OCc2ccccc2F)C1=O. The van der Waals surface area contributed by atoms with Gasteiger partial charge in [-0.25, -0.2) is 9.18 Å². The number of benzene rings is 1. The van der Waals surface area contributed by atoms with Crippen molar-refractivity contribution in [3.05, 3.63) is 35.6 Å². The van der Waals surface area contributed by atoms with Gasteiger partial charge in [-0.05, 0) is 18.9 Å². The number of esters is 1. The average molecular weight is 322 g/mol. The van der Waals surface area contributed by atoms with E-state index in [0.29, 0.717) is 12.8 Å². The van der Waals surface area contributed by atoms with Crippen molar-refractivity contribution in [3.8, 4) is 0 Å².